The fourth-order valence-electron chi connectivity index (χ4n) is 2.37. The van der Waals surface area contributed by atoms with E-state index in [0.717, 1.165) is 25.0 Å². The van der Waals surface area contributed by atoms with E-state index in [1.54, 1.807) is 6.07 Å². The summed E-state index contributed by atoms with van der Waals surface area (Å²) in [6.45, 7) is 2.05. The molecule has 1 aromatic heterocycles. The molecule has 16 heavy (non-hydrogen) atoms. The Balaban J connectivity index is 2.30. The molecule has 1 N–H and O–H groups in total. The van der Waals surface area contributed by atoms with Gasteiger partial charge in [-0.05, 0) is 24.7 Å². The first-order chi connectivity index (χ1) is 7.65. The lowest BCUT2D eigenvalue weighted by Crippen LogP contribution is -2.25. The summed E-state index contributed by atoms with van der Waals surface area (Å²) in [5, 5.41) is 2.58. The quantitative estimate of drug-likeness (QED) is 0.763. The molecule has 3 rings (SSSR count). The van der Waals surface area contributed by atoms with Crippen molar-refractivity contribution in [1.82, 2.24) is 9.88 Å². The minimum Gasteiger partial charge on any atom is -0.357 e. The smallest absolute Gasteiger partial charge is 0.0662 e. The minimum atomic E-state index is 0.701. The summed E-state index contributed by atoms with van der Waals surface area (Å²) in [6.07, 6.45) is 1.05. The van der Waals surface area contributed by atoms with E-state index >= 15 is 0 Å². The summed E-state index contributed by atoms with van der Waals surface area (Å²) < 4.78 is 0. The van der Waals surface area contributed by atoms with Crippen LogP contribution in [0.25, 0.3) is 10.9 Å². The third kappa shape index (κ3) is 1.53. The van der Waals surface area contributed by atoms with Crippen LogP contribution in [0.2, 0.25) is 10.0 Å². The van der Waals surface area contributed by atoms with E-state index in [-0.39, 0.29) is 0 Å². The van der Waals surface area contributed by atoms with Crippen molar-refractivity contribution in [3.05, 3.63) is 33.4 Å². The van der Waals surface area contributed by atoms with Crippen molar-refractivity contribution >= 4 is 34.1 Å². The number of nitrogens with one attached hydrogen (secondary N) is 1. The first-order valence-electron chi connectivity index (χ1n) is 5.32. The molecule has 84 valence electrons. The molecule has 0 saturated carbocycles. The lowest BCUT2D eigenvalue weighted by molar-refractivity contribution is 0.313. The topological polar surface area (TPSA) is 19.0 Å². The minimum absolute atomic E-state index is 0.701. The average Bonchev–Trinajstić information content (AvgIpc) is 2.57. The zero-order chi connectivity index (χ0) is 11.3. The van der Waals surface area contributed by atoms with Gasteiger partial charge in [0.1, 0.15) is 0 Å². The fourth-order valence-corrected chi connectivity index (χ4v) is 2.91. The van der Waals surface area contributed by atoms with Crippen LogP contribution in [0.4, 0.5) is 0 Å². The molecule has 1 aliphatic heterocycles. The number of hydrogen-bond acceptors (Lipinski definition) is 1. The van der Waals surface area contributed by atoms with E-state index in [1.807, 2.05) is 6.07 Å². The Morgan fingerprint density at radius 1 is 1.31 bits per heavy atom. The summed E-state index contributed by atoms with van der Waals surface area (Å²) >= 11 is 12.2. The second-order valence-corrected chi connectivity index (χ2v) is 5.22. The highest BCUT2D eigenvalue weighted by atomic mass is 35.5. The van der Waals surface area contributed by atoms with E-state index < -0.39 is 0 Å². The fraction of sp³-hybridized carbons (Fsp3) is 0.333. The molecule has 1 aliphatic rings. The van der Waals surface area contributed by atoms with E-state index in [0.29, 0.717) is 10.0 Å². The van der Waals surface area contributed by atoms with Crippen molar-refractivity contribution in [2.24, 2.45) is 0 Å². The van der Waals surface area contributed by atoms with Gasteiger partial charge in [-0.3, -0.25) is 0 Å². The van der Waals surface area contributed by atoms with Gasteiger partial charge < -0.3 is 9.88 Å². The largest absolute Gasteiger partial charge is 0.357 e. The Bertz CT molecular complexity index is 560. The molecule has 1 aromatic carbocycles. The molecule has 2 nitrogen and oxygen atoms in total. The molecule has 0 fully saturated rings. The number of aromatic amines is 1. The van der Waals surface area contributed by atoms with Crippen LogP contribution in [-0.2, 0) is 13.0 Å². The van der Waals surface area contributed by atoms with Crippen molar-refractivity contribution in [1.29, 1.82) is 0 Å². The normalized spacial score (nSPS) is 16.7. The highest BCUT2D eigenvalue weighted by Crippen LogP contribution is 2.33. The number of benzene rings is 1. The molecule has 0 saturated heterocycles. The van der Waals surface area contributed by atoms with E-state index in [1.165, 1.54) is 16.6 Å². The van der Waals surface area contributed by atoms with Crippen molar-refractivity contribution in [3.63, 3.8) is 0 Å². The molecule has 0 radical (unpaired) electrons. The molecule has 0 spiro atoms. The summed E-state index contributed by atoms with van der Waals surface area (Å²) in [7, 11) is 2.13. The first kappa shape index (κ1) is 10.5. The molecule has 2 heterocycles. The maximum absolute atomic E-state index is 6.19. The second kappa shape index (κ2) is 3.66. The second-order valence-electron chi connectivity index (χ2n) is 4.38. The number of fused-ring (bicyclic) bond motifs is 3. The first-order valence-corrected chi connectivity index (χ1v) is 6.08. The van der Waals surface area contributed by atoms with Gasteiger partial charge in [-0.25, -0.2) is 0 Å². The lowest BCUT2D eigenvalue weighted by atomic mass is 10.1. The molecule has 0 bridgehead atoms. The number of halogens is 2. The van der Waals surface area contributed by atoms with Crippen LogP contribution in [0.5, 0.6) is 0 Å². The zero-order valence-electron chi connectivity index (χ0n) is 8.98. The monoisotopic (exact) mass is 254 g/mol. The molecule has 0 amide bonds. The van der Waals surface area contributed by atoms with Gasteiger partial charge in [0.25, 0.3) is 0 Å². The summed E-state index contributed by atoms with van der Waals surface area (Å²) in [5.74, 6) is 0. The van der Waals surface area contributed by atoms with Crippen molar-refractivity contribution in [2.75, 3.05) is 13.6 Å². The summed E-state index contributed by atoms with van der Waals surface area (Å²) in [6, 6.07) is 3.79. The predicted octanol–water partition coefficient (Wildman–Crippen LogP) is 3.46. The third-order valence-corrected chi connectivity index (χ3v) is 3.71. The van der Waals surface area contributed by atoms with Crippen LogP contribution in [0.1, 0.15) is 11.3 Å². The van der Waals surface area contributed by atoms with Crippen molar-refractivity contribution < 1.29 is 0 Å². The van der Waals surface area contributed by atoms with Crippen molar-refractivity contribution in [3.8, 4) is 0 Å². The third-order valence-electron chi connectivity index (χ3n) is 3.19. The van der Waals surface area contributed by atoms with Crippen LogP contribution in [0, 0.1) is 0 Å². The molecule has 0 atom stereocenters. The molecular weight excluding hydrogens is 243 g/mol. The number of hydrogen-bond donors (Lipinski definition) is 1. The Morgan fingerprint density at radius 3 is 2.94 bits per heavy atom. The van der Waals surface area contributed by atoms with E-state index in [4.69, 9.17) is 23.2 Å². The van der Waals surface area contributed by atoms with Crippen LogP contribution in [0.3, 0.4) is 0 Å². The molecular formula is C12H12Cl2N2. The number of aromatic nitrogens is 1. The summed E-state index contributed by atoms with van der Waals surface area (Å²) in [5.41, 5.74) is 3.66. The van der Waals surface area contributed by atoms with Crippen LogP contribution in [-0.4, -0.2) is 23.5 Å². The maximum Gasteiger partial charge on any atom is 0.0662 e. The number of likely N-dealkylation sites (N-methyl/N-ethyl adjacent to an activating group) is 1. The number of rotatable bonds is 0. The number of nitrogens with zero attached hydrogens (tertiary/aromatic N) is 1. The number of H-pyrrole nitrogens is 1. The maximum atomic E-state index is 6.19. The van der Waals surface area contributed by atoms with E-state index in [9.17, 15) is 0 Å². The Morgan fingerprint density at radius 2 is 2.12 bits per heavy atom. The highest BCUT2D eigenvalue weighted by Gasteiger charge is 2.19. The lowest BCUT2D eigenvalue weighted by Gasteiger charge is -2.22. The highest BCUT2D eigenvalue weighted by molar-refractivity contribution is 6.38. The average molecular weight is 255 g/mol. The Kier molecular flexibility index (Phi) is 2.39. The van der Waals surface area contributed by atoms with Gasteiger partial charge in [-0.15, -0.1) is 0 Å². The molecule has 4 heteroatoms. The molecule has 0 aliphatic carbocycles. The molecule has 2 aromatic rings. The Labute approximate surface area is 104 Å². The van der Waals surface area contributed by atoms with Gasteiger partial charge in [-0.2, -0.15) is 0 Å². The standard InChI is InChI=1S/C12H12Cl2N2/c1-16-3-2-11-9(6-16)8-4-7(13)5-10(14)12(8)15-11/h4-5,15H,2-3,6H2,1H3. The zero-order valence-corrected chi connectivity index (χ0v) is 10.5. The Hall–Kier alpha value is -0.700. The van der Waals surface area contributed by atoms with Gasteiger partial charge in [0.2, 0.25) is 0 Å². The summed E-state index contributed by atoms with van der Waals surface area (Å²) in [4.78, 5) is 5.72. The van der Waals surface area contributed by atoms with Crippen LogP contribution >= 0.6 is 23.2 Å². The van der Waals surface area contributed by atoms with Crippen molar-refractivity contribution in [2.45, 2.75) is 13.0 Å². The van der Waals surface area contributed by atoms with Gasteiger partial charge in [0.15, 0.2) is 0 Å². The van der Waals surface area contributed by atoms with Gasteiger partial charge in [0.05, 0.1) is 10.5 Å². The van der Waals surface area contributed by atoms with Gasteiger partial charge >= 0.3 is 0 Å². The predicted molar refractivity (Wildman–Crippen MR) is 68.4 cm³/mol. The van der Waals surface area contributed by atoms with Gasteiger partial charge in [0, 0.05) is 35.6 Å². The van der Waals surface area contributed by atoms with Crippen LogP contribution < -0.4 is 0 Å². The van der Waals surface area contributed by atoms with Gasteiger partial charge in [-0.1, -0.05) is 23.2 Å². The SMILES string of the molecule is CN1CCc2[nH]c3c(Cl)cc(Cl)cc3c2C1. The van der Waals surface area contributed by atoms with E-state index in [2.05, 4.69) is 16.9 Å². The molecule has 0 unspecified atom stereocenters. The van der Waals surface area contributed by atoms with Crippen LogP contribution in [0.15, 0.2) is 12.1 Å².